The molecule has 1 aliphatic rings. The number of carbonyl (C=O) groups is 1. The van der Waals surface area contributed by atoms with Crippen molar-refractivity contribution in [1.82, 2.24) is 0 Å². The fourth-order valence-electron chi connectivity index (χ4n) is 2.83. The minimum atomic E-state index is -1.82. The lowest BCUT2D eigenvalue weighted by molar-refractivity contribution is -0.271. The van der Waals surface area contributed by atoms with Crippen molar-refractivity contribution >= 4 is 18.1 Å². The standard InChI is InChI=1S/C20H20O9/c21-12-5-3-10(4-6-12)1-2-11-7-13(22)9-14(8-11)28-20-17(25)15(23)16(24)18(29-20)19(26)27/h1-9,15-18,20-25H,(H,26,27)/b2-1+/t15-,16-,17+,18+,20+/m0/s1. The number of rotatable bonds is 5. The van der Waals surface area contributed by atoms with E-state index in [1.165, 1.54) is 30.3 Å². The lowest BCUT2D eigenvalue weighted by Crippen LogP contribution is -2.61. The van der Waals surface area contributed by atoms with Gasteiger partial charge in [-0.05, 0) is 35.4 Å². The summed E-state index contributed by atoms with van der Waals surface area (Å²) in [5.74, 6) is -1.50. The van der Waals surface area contributed by atoms with E-state index in [0.717, 1.165) is 5.56 Å². The third kappa shape index (κ3) is 4.84. The molecule has 3 rings (SSSR count). The SMILES string of the molecule is O=C(O)[C@@H]1O[C@@H](Oc2cc(O)cc(/C=C/c3ccc(O)cc3)c2)[C@H](O)[C@@H](O)[C@@H]1O. The summed E-state index contributed by atoms with van der Waals surface area (Å²) in [6.45, 7) is 0. The van der Waals surface area contributed by atoms with Gasteiger partial charge in [0, 0.05) is 6.07 Å². The van der Waals surface area contributed by atoms with Crippen LogP contribution < -0.4 is 4.74 Å². The summed E-state index contributed by atoms with van der Waals surface area (Å²) in [6, 6.07) is 10.6. The van der Waals surface area contributed by atoms with E-state index < -0.39 is 36.7 Å². The molecule has 5 atom stereocenters. The van der Waals surface area contributed by atoms with Crippen LogP contribution in [0.25, 0.3) is 12.2 Å². The Hall–Kier alpha value is -3.11. The van der Waals surface area contributed by atoms with E-state index in [0.29, 0.717) is 5.56 Å². The molecule has 1 fully saturated rings. The Balaban J connectivity index is 1.78. The molecule has 29 heavy (non-hydrogen) atoms. The van der Waals surface area contributed by atoms with Gasteiger partial charge in [0.1, 0.15) is 35.6 Å². The van der Waals surface area contributed by atoms with E-state index in [9.17, 15) is 30.3 Å². The number of aliphatic hydroxyl groups is 3. The van der Waals surface area contributed by atoms with E-state index in [4.69, 9.17) is 14.6 Å². The van der Waals surface area contributed by atoms with E-state index in [1.54, 1.807) is 24.3 Å². The predicted molar refractivity (Wildman–Crippen MR) is 100 cm³/mol. The lowest BCUT2D eigenvalue weighted by Gasteiger charge is -2.38. The van der Waals surface area contributed by atoms with Gasteiger partial charge < -0.3 is 40.1 Å². The first-order valence-electron chi connectivity index (χ1n) is 8.65. The van der Waals surface area contributed by atoms with Crippen LogP contribution >= 0.6 is 0 Å². The second-order valence-electron chi connectivity index (χ2n) is 6.54. The molecule has 0 aliphatic carbocycles. The van der Waals surface area contributed by atoms with Gasteiger partial charge >= 0.3 is 5.97 Å². The Morgan fingerprint density at radius 1 is 0.862 bits per heavy atom. The summed E-state index contributed by atoms with van der Waals surface area (Å²) in [7, 11) is 0. The topological polar surface area (TPSA) is 157 Å². The van der Waals surface area contributed by atoms with Gasteiger partial charge in [0.25, 0.3) is 0 Å². The van der Waals surface area contributed by atoms with Crippen LogP contribution in [0.3, 0.4) is 0 Å². The second kappa shape index (κ2) is 8.50. The highest BCUT2D eigenvalue weighted by Gasteiger charge is 2.48. The molecule has 0 spiro atoms. The number of carboxylic acid groups (broad SMARTS) is 1. The van der Waals surface area contributed by atoms with Crippen molar-refractivity contribution in [3.8, 4) is 17.2 Å². The average Bonchev–Trinajstić information content (AvgIpc) is 2.67. The van der Waals surface area contributed by atoms with E-state index in [-0.39, 0.29) is 17.2 Å². The molecule has 0 saturated carbocycles. The zero-order valence-corrected chi connectivity index (χ0v) is 15.0. The average molecular weight is 404 g/mol. The van der Waals surface area contributed by atoms with Crippen molar-refractivity contribution < 1.29 is 44.9 Å². The normalized spacial score (nSPS) is 27.1. The molecular formula is C20H20O9. The molecule has 9 heteroatoms. The third-order valence-electron chi connectivity index (χ3n) is 4.34. The van der Waals surface area contributed by atoms with E-state index >= 15 is 0 Å². The number of hydrogen-bond acceptors (Lipinski definition) is 8. The van der Waals surface area contributed by atoms with Crippen LogP contribution in [0.5, 0.6) is 17.2 Å². The maximum Gasteiger partial charge on any atom is 0.335 e. The van der Waals surface area contributed by atoms with Crippen LogP contribution in [0, 0.1) is 0 Å². The first-order chi connectivity index (χ1) is 13.7. The monoisotopic (exact) mass is 404 g/mol. The zero-order valence-electron chi connectivity index (χ0n) is 15.0. The highest BCUT2D eigenvalue weighted by Crippen LogP contribution is 2.28. The van der Waals surface area contributed by atoms with Crippen LogP contribution in [-0.2, 0) is 9.53 Å². The predicted octanol–water partition coefficient (Wildman–Crippen LogP) is 0.539. The van der Waals surface area contributed by atoms with Gasteiger partial charge in [-0.3, -0.25) is 0 Å². The van der Waals surface area contributed by atoms with Crippen LogP contribution in [0.1, 0.15) is 11.1 Å². The molecule has 2 aromatic rings. The molecule has 9 nitrogen and oxygen atoms in total. The summed E-state index contributed by atoms with van der Waals surface area (Å²) >= 11 is 0. The largest absolute Gasteiger partial charge is 0.508 e. The maximum absolute atomic E-state index is 11.2. The van der Waals surface area contributed by atoms with Crippen molar-refractivity contribution in [1.29, 1.82) is 0 Å². The number of phenolic OH excluding ortho intramolecular Hbond substituents is 2. The Kier molecular flexibility index (Phi) is 6.04. The molecule has 0 bridgehead atoms. The van der Waals surface area contributed by atoms with E-state index in [1.807, 2.05) is 0 Å². The van der Waals surface area contributed by atoms with Crippen molar-refractivity contribution in [2.24, 2.45) is 0 Å². The highest BCUT2D eigenvalue weighted by atomic mass is 16.7. The first kappa shape index (κ1) is 20.6. The maximum atomic E-state index is 11.2. The number of aliphatic hydroxyl groups excluding tert-OH is 3. The van der Waals surface area contributed by atoms with Crippen molar-refractivity contribution in [3.63, 3.8) is 0 Å². The zero-order chi connectivity index (χ0) is 21.1. The molecular weight excluding hydrogens is 384 g/mol. The molecule has 2 aromatic carbocycles. The minimum Gasteiger partial charge on any atom is -0.508 e. The summed E-state index contributed by atoms with van der Waals surface area (Å²) in [5, 5.41) is 57.9. The molecule has 1 aliphatic heterocycles. The fraction of sp³-hybridized carbons (Fsp3) is 0.250. The molecule has 1 heterocycles. The Morgan fingerprint density at radius 3 is 2.17 bits per heavy atom. The van der Waals surface area contributed by atoms with Gasteiger partial charge in [0.15, 0.2) is 6.10 Å². The number of carboxylic acids is 1. The third-order valence-corrected chi connectivity index (χ3v) is 4.34. The molecule has 0 aromatic heterocycles. The van der Waals surface area contributed by atoms with Gasteiger partial charge in [-0.1, -0.05) is 24.3 Å². The van der Waals surface area contributed by atoms with Gasteiger partial charge in [-0.25, -0.2) is 4.79 Å². The molecule has 1 saturated heterocycles. The summed E-state index contributed by atoms with van der Waals surface area (Å²) in [5.41, 5.74) is 1.31. The molecule has 0 radical (unpaired) electrons. The van der Waals surface area contributed by atoms with Crippen LogP contribution in [0.2, 0.25) is 0 Å². The van der Waals surface area contributed by atoms with E-state index in [2.05, 4.69) is 0 Å². The van der Waals surface area contributed by atoms with Gasteiger partial charge in [0.05, 0.1) is 0 Å². The smallest absolute Gasteiger partial charge is 0.335 e. The number of aromatic hydroxyl groups is 2. The van der Waals surface area contributed by atoms with Crippen molar-refractivity contribution in [2.45, 2.75) is 30.7 Å². The van der Waals surface area contributed by atoms with Crippen LogP contribution in [0.15, 0.2) is 42.5 Å². The number of benzene rings is 2. The number of phenols is 2. The summed E-state index contributed by atoms with van der Waals surface area (Å²) in [4.78, 5) is 11.2. The van der Waals surface area contributed by atoms with Gasteiger partial charge in [0.2, 0.25) is 6.29 Å². The van der Waals surface area contributed by atoms with Gasteiger partial charge in [-0.2, -0.15) is 0 Å². The Bertz CT molecular complexity index is 893. The summed E-state index contributed by atoms with van der Waals surface area (Å²) < 4.78 is 10.5. The van der Waals surface area contributed by atoms with Crippen molar-refractivity contribution in [2.75, 3.05) is 0 Å². The number of aliphatic carboxylic acids is 1. The first-order valence-corrected chi connectivity index (χ1v) is 8.65. The van der Waals surface area contributed by atoms with Crippen LogP contribution in [-0.4, -0.2) is 67.3 Å². The lowest BCUT2D eigenvalue weighted by atomic mass is 9.99. The Morgan fingerprint density at radius 2 is 1.52 bits per heavy atom. The summed E-state index contributed by atoms with van der Waals surface area (Å²) in [6.07, 6.45) is -5.30. The van der Waals surface area contributed by atoms with Crippen molar-refractivity contribution in [3.05, 3.63) is 53.6 Å². The Labute approximate surface area is 165 Å². The van der Waals surface area contributed by atoms with Crippen LogP contribution in [0.4, 0.5) is 0 Å². The number of ether oxygens (including phenoxy) is 2. The highest BCUT2D eigenvalue weighted by molar-refractivity contribution is 5.73. The molecule has 0 amide bonds. The molecule has 154 valence electrons. The minimum absolute atomic E-state index is 0.0483. The second-order valence-corrected chi connectivity index (χ2v) is 6.54. The molecule has 0 unspecified atom stereocenters. The molecule has 6 N–H and O–H groups in total. The number of hydrogen-bond donors (Lipinski definition) is 6. The quantitative estimate of drug-likeness (QED) is 0.391. The fourth-order valence-corrected chi connectivity index (χ4v) is 2.83. The van der Waals surface area contributed by atoms with Gasteiger partial charge in [-0.15, -0.1) is 0 Å².